The third-order valence-electron chi connectivity index (χ3n) is 5.01. The molecule has 2 fully saturated rings. The first-order valence-corrected chi connectivity index (χ1v) is 9.07. The number of nitrogens with zero attached hydrogens (tertiary/aromatic N) is 2. The maximum Gasteiger partial charge on any atom is 0.326 e. The highest BCUT2D eigenvalue weighted by Crippen LogP contribution is 2.42. The van der Waals surface area contributed by atoms with E-state index in [1.54, 1.807) is 19.1 Å². The second-order valence-corrected chi connectivity index (χ2v) is 7.45. The Hall–Kier alpha value is -3.10. The number of amides is 4. The first kappa shape index (κ1) is 19.7. The number of esters is 1. The lowest BCUT2D eigenvalue weighted by Crippen LogP contribution is -2.46. The molecule has 150 valence electrons. The molecule has 4 amide bonds. The van der Waals surface area contributed by atoms with Crippen LogP contribution in [0.5, 0.6) is 0 Å². The van der Waals surface area contributed by atoms with Crippen molar-refractivity contribution in [2.45, 2.75) is 25.3 Å². The van der Waals surface area contributed by atoms with Crippen LogP contribution < -0.4 is 15.5 Å². The van der Waals surface area contributed by atoms with Gasteiger partial charge in [-0.15, -0.1) is 0 Å². The normalized spacial score (nSPS) is 21.3. The molecule has 1 atom stereocenters. The van der Waals surface area contributed by atoms with E-state index in [-0.39, 0.29) is 5.92 Å². The highest BCUT2D eigenvalue weighted by molar-refractivity contribution is 6.09. The van der Waals surface area contributed by atoms with Crippen LogP contribution in [0.1, 0.15) is 19.8 Å². The number of carbonyl (C=O) groups is 4. The third kappa shape index (κ3) is 4.08. The Morgan fingerprint density at radius 2 is 1.89 bits per heavy atom. The van der Waals surface area contributed by atoms with Crippen LogP contribution in [-0.4, -0.2) is 61.5 Å². The summed E-state index contributed by atoms with van der Waals surface area (Å²) in [6, 6.07) is 6.55. The SMILES string of the molecule is CN(C)c1ccc(NC(=O)COC(=O)CN2C(=O)N[C@@](C)(C3CC3)C2=O)cc1. The van der Waals surface area contributed by atoms with E-state index in [2.05, 4.69) is 10.6 Å². The highest BCUT2D eigenvalue weighted by atomic mass is 16.5. The fourth-order valence-electron chi connectivity index (χ4n) is 3.16. The predicted octanol–water partition coefficient (Wildman–Crippen LogP) is 0.955. The topological polar surface area (TPSA) is 108 Å². The highest BCUT2D eigenvalue weighted by Gasteiger charge is 2.56. The van der Waals surface area contributed by atoms with E-state index >= 15 is 0 Å². The number of ether oxygens (including phenoxy) is 1. The van der Waals surface area contributed by atoms with E-state index in [4.69, 9.17) is 4.74 Å². The van der Waals surface area contributed by atoms with E-state index in [1.807, 2.05) is 31.1 Å². The molecule has 1 aromatic carbocycles. The number of hydrogen-bond acceptors (Lipinski definition) is 6. The van der Waals surface area contributed by atoms with Crippen molar-refractivity contribution >= 4 is 35.2 Å². The molecule has 28 heavy (non-hydrogen) atoms. The zero-order valence-corrected chi connectivity index (χ0v) is 16.2. The number of benzene rings is 1. The van der Waals surface area contributed by atoms with Gasteiger partial charge in [-0.3, -0.25) is 19.3 Å². The van der Waals surface area contributed by atoms with Crippen molar-refractivity contribution < 1.29 is 23.9 Å². The van der Waals surface area contributed by atoms with Gasteiger partial charge in [-0.1, -0.05) is 0 Å². The Morgan fingerprint density at radius 3 is 2.46 bits per heavy atom. The van der Waals surface area contributed by atoms with Crippen molar-refractivity contribution in [2.24, 2.45) is 5.92 Å². The molecule has 0 radical (unpaired) electrons. The minimum absolute atomic E-state index is 0.106. The van der Waals surface area contributed by atoms with Gasteiger partial charge in [-0.25, -0.2) is 4.79 Å². The molecule has 9 heteroatoms. The number of anilines is 2. The molecule has 0 bridgehead atoms. The Labute approximate surface area is 163 Å². The van der Waals surface area contributed by atoms with Gasteiger partial charge in [-0.2, -0.15) is 0 Å². The average Bonchev–Trinajstić information content (AvgIpc) is 3.47. The van der Waals surface area contributed by atoms with Crippen molar-refractivity contribution in [3.8, 4) is 0 Å². The largest absolute Gasteiger partial charge is 0.454 e. The molecule has 3 rings (SSSR count). The summed E-state index contributed by atoms with van der Waals surface area (Å²) in [6.45, 7) is 0.654. The summed E-state index contributed by atoms with van der Waals surface area (Å²) in [6.07, 6.45) is 1.74. The van der Waals surface area contributed by atoms with E-state index in [0.717, 1.165) is 23.4 Å². The number of nitrogens with one attached hydrogen (secondary N) is 2. The van der Waals surface area contributed by atoms with Crippen LogP contribution in [0.2, 0.25) is 0 Å². The maximum absolute atomic E-state index is 12.5. The van der Waals surface area contributed by atoms with Gasteiger partial charge in [0.25, 0.3) is 11.8 Å². The summed E-state index contributed by atoms with van der Waals surface area (Å²) >= 11 is 0. The van der Waals surface area contributed by atoms with E-state index < -0.39 is 42.5 Å². The molecule has 1 heterocycles. The Bertz CT molecular complexity index is 803. The lowest BCUT2D eigenvalue weighted by atomic mass is 9.96. The first-order chi connectivity index (χ1) is 13.2. The van der Waals surface area contributed by atoms with Crippen molar-refractivity contribution in [3.63, 3.8) is 0 Å². The average molecular weight is 388 g/mol. The molecule has 1 aliphatic heterocycles. The second-order valence-electron chi connectivity index (χ2n) is 7.45. The Morgan fingerprint density at radius 1 is 1.25 bits per heavy atom. The van der Waals surface area contributed by atoms with E-state index in [0.29, 0.717) is 5.69 Å². The molecule has 1 aromatic rings. The second kappa shape index (κ2) is 7.49. The Kier molecular flexibility index (Phi) is 5.26. The molecule has 2 N–H and O–H groups in total. The summed E-state index contributed by atoms with van der Waals surface area (Å²) < 4.78 is 4.91. The van der Waals surface area contributed by atoms with Gasteiger partial charge in [0.1, 0.15) is 12.1 Å². The molecule has 2 aliphatic rings. The summed E-state index contributed by atoms with van der Waals surface area (Å²) in [4.78, 5) is 51.2. The zero-order valence-electron chi connectivity index (χ0n) is 16.2. The molecule has 9 nitrogen and oxygen atoms in total. The van der Waals surface area contributed by atoms with Gasteiger partial charge < -0.3 is 20.3 Å². The molecular formula is C19H24N4O5. The number of hydrogen-bond donors (Lipinski definition) is 2. The molecule has 1 aliphatic carbocycles. The van der Waals surface area contributed by atoms with Crippen LogP contribution >= 0.6 is 0 Å². The van der Waals surface area contributed by atoms with Crippen LogP contribution in [-0.2, 0) is 19.1 Å². The molecule has 1 saturated carbocycles. The summed E-state index contributed by atoms with van der Waals surface area (Å²) in [5, 5.41) is 5.27. The summed E-state index contributed by atoms with van der Waals surface area (Å²) in [7, 11) is 3.82. The third-order valence-corrected chi connectivity index (χ3v) is 5.01. The number of carbonyl (C=O) groups excluding carboxylic acids is 4. The predicted molar refractivity (Wildman–Crippen MR) is 102 cm³/mol. The van der Waals surface area contributed by atoms with Crippen LogP contribution in [0.3, 0.4) is 0 Å². The minimum Gasteiger partial charge on any atom is -0.454 e. The molecule has 1 saturated heterocycles. The van der Waals surface area contributed by atoms with Gasteiger partial charge in [0, 0.05) is 25.5 Å². The van der Waals surface area contributed by atoms with Gasteiger partial charge in [0.2, 0.25) is 0 Å². The van der Waals surface area contributed by atoms with Gasteiger partial charge in [0.05, 0.1) is 0 Å². The lowest BCUT2D eigenvalue weighted by Gasteiger charge is -2.20. The van der Waals surface area contributed by atoms with Gasteiger partial charge >= 0.3 is 12.0 Å². The van der Waals surface area contributed by atoms with Crippen LogP contribution in [0.25, 0.3) is 0 Å². The van der Waals surface area contributed by atoms with E-state index in [9.17, 15) is 19.2 Å². The molecular weight excluding hydrogens is 364 g/mol. The monoisotopic (exact) mass is 388 g/mol. The quantitative estimate of drug-likeness (QED) is 0.532. The van der Waals surface area contributed by atoms with Crippen LogP contribution in [0, 0.1) is 5.92 Å². The number of rotatable bonds is 7. The van der Waals surface area contributed by atoms with Crippen LogP contribution in [0.15, 0.2) is 24.3 Å². The molecule has 0 aromatic heterocycles. The smallest absolute Gasteiger partial charge is 0.326 e. The van der Waals surface area contributed by atoms with E-state index in [1.165, 1.54) is 0 Å². The fraction of sp³-hybridized carbons (Fsp3) is 0.474. The maximum atomic E-state index is 12.5. The van der Waals surface area contributed by atoms with Crippen LogP contribution in [0.4, 0.5) is 16.2 Å². The summed E-state index contributed by atoms with van der Waals surface area (Å²) in [5.74, 6) is -1.65. The standard InChI is InChI=1S/C19H24N4O5/c1-19(12-4-5-12)17(26)23(18(27)21-19)10-16(25)28-11-15(24)20-13-6-8-14(9-7-13)22(2)3/h6-9,12H,4-5,10-11H2,1-3H3,(H,20,24)(H,21,27)/t19-/m0/s1. The molecule has 0 spiro atoms. The molecule has 0 unspecified atom stereocenters. The first-order valence-electron chi connectivity index (χ1n) is 9.07. The fourth-order valence-corrected chi connectivity index (χ4v) is 3.16. The van der Waals surface area contributed by atoms with Gasteiger partial charge in [0.15, 0.2) is 6.61 Å². The minimum atomic E-state index is -0.951. The summed E-state index contributed by atoms with van der Waals surface area (Å²) in [5.41, 5.74) is 0.602. The zero-order chi connectivity index (χ0) is 20.5. The lowest BCUT2D eigenvalue weighted by molar-refractivity contribution is -0.150. The number of urea groups is 1. The Balaban J connectivity index is 1.47. The van der Waals surface area contributed by atoms with Gasteiger partial charge in [-0.05, 0) is 49.9 Å². The number of imide groups is 1. The van der Waals surface area contributed by atoms with Crippen molar-refractivity contribution in [1.82, 2.24) is 10.2 Å². The van der Waals surface area contributed by atoms with Crippen molar-refractivity contribution in [1.29, 1.82) is 0 Å². The van der Waals surface area contributed by atoms with Crippen molar-refractivity contribution in [3.05, 3.63) is 24.3 Å². The van der Waals surface area contributed by atoms with Crippen molar-refractivity contribution in [2.75, 3.05) is 37.5 Å².